The lowest BCUT2D eigenvalue weighted by Gasteiger charge is -2.08. The second kappa shape index (κ2) is 6.44. The predicted octanol–water partition coefficient (Wildman–Crippen LogP) is 2.57. The Labute approximate surface area is 86.0 Å². The zero-order chi connectivity index (χ0) is 10.2. The molecule has 1 aromatic carbocycles. The molecule has 2 nitrogen and oxygen atoms in total. The van der Waals surface area contributed by atoms with Crippen LogP contribution in [0.2, 0.25) is 0 Å². The van der Waals surface area contributed by atoms with Crippen LogP contribution < -0.4 is 5.32 Å². The minimum absolute atomic E-state index is 0.310. The highest BCUT2D eigenvalue weighted by Gasteiger charge is 1.94. The van der Waals surface area contributed by atoms with Crippen LogP contribution in [-0.2, 0) is 0 Å². The summed E-state index contributed by atoms with van der Waals surface area (Å²) in [7, 11) is 0. The van der Waals surface area contributed by atoms with Gasteiger partial charge in [-0.15, -0.1) is 0 Å². The van der Waals surface area contributed by atoms with Gasteiger partial charge in [-0.3, -0.25) is 0 Å². The SMILES string of the molecule is Cc1ccccc1NCCCCCO. The third-order valence-electron chi connectivity index (χ3n) is 2.30. The summed E-state index contributed by atoms with van der Waals surface area (Å²) < 4.78 is 0. The average molecular weight is 193 g/mol. The van der Waals surface area contributed by atoms with Gasteiger partial charge in [0.1, 0.15) is 0 Å². The number of aliphatic hydroxyl groups is 1. The zero-order valence-electron chi connectivity index (χ0n) is 8.79. The topological polar surface area (TPSA) is 32.3 Å². The van der Waals surface area contributed by atoms with Crippen molar-refractivity contribution in [2.45, 2.75) is 26.2 Å². The number of nitrogens with one attached hydrogen (secondary N) is 1. The summed E-state index contributed by atoms with van der Waals surface area (Å²) in [6, 6.07) is 8.30. The summed E-state index contributed by atoms with van der Waals surface area (Å²) >= 11 is 0. The van der Waals surface area contributed by atoms with E-state index in [0.29, 0.717) is 6.61 Å². The van der Waals surface area contributed by atoms with Crippen LogP contribution in [-0.4, -0.2) is 18.3 Å². The fourth-order valence-corrected chi connectivity index (χ4v) is 1.41. The Morgan fingerprint density at radius 3 is 2.64 bits per heavy atom. The quantitative estimate of drug-likeness (QED) is 0.680. The Balaban J connectivity index is 2.21. The second-order valence-electron chi connectivity index (χ2n) is 3.53. The van der Waals surface area contributed by atoms with Crippen LogP contribution in [0.4, 0.5) is 5.69 Å². The first-order chi connectivity index (χ1) is 6.84. The molecule has 1 aromatic rings. The fraction of sp³-hybridized carbons (Fsp3) is 0.500. The van der Waals surface area contributed by atoms with Crippen molar-refractivity contribution in [1.82, 2.24) is 0 Å². The van der Waals surface area contributed by atoms with Gasteiger partial charge in [0.05, 0.1) is 0 Å². The summed E-state index contributed by atoms with van der Waals surface area (Å²) in [6.45, 7) is 3.41. The van der Waals surface area contributed by atoms with Gasteiger partial charge in [0, 0.05) is 18.8 Å². The lowest BCUT2D eigenvalue weighted by atomic mass is 10.2. The van der Waals surface area contributed by atoms with Crippen LogP contribution in [0.25, 0.3) is 0 Å². The molecule has 0 fully saturated rings. The molecule has 2 heteroatoms. The van der Waals surface area contributed by atoms with Crippen molar-refractivity contribution in [3.8, 4) is 0 Å². The number of hydrogen-bond donors (Lipinski definition) is 2. The number of aliphatic hydroxyl groups excluding tert-OH is 1. The minimum atomic E-state index is 0.310. The number of aryl methyl sites for hydroxylation is 1. The first-order valence-electron chi connectivity index (χ1n) is 5.25. The summed E-state index contributed by atoms with van der Waals surface area (Å²) in [4.78, 5) is 0. The molecule has 0 unspecified atom stereocenters. The maximum Gasteiger partial charge on any atom is 0.0431 e. The monoisotopic (exact) mass is 193 g/mol. The first kappa shape index (κ1) is 11.1. The van der Waals surface area contributed by atoms with Crippen molar-refractivity contribution in [1.29, 1.82) is 0 Å². The normalized spacial score (nSPS) is 10.1. The highest BCUT2D eigenvalue weighted by Crippen LogP contribution is 2.12. The number of para-hydroxylation sites is 1. The van der Waals surface area contributed by atoms with E-state index in [-0.39, 0.29) is 0 Å². The van der Waals surface area contributed by atoms with Gasteiger partial charge < -0.3 is 10.4 Å². The molecule has 1 rings (SSSR count). The first-order valence-corrected chi connectivity index (χ1v) is 5.25. The van der Waals surface area contributed by atoms with E-state index in [2.05, 4.69) is 24.4 Å². The van der Waals surface area contributed by atoms with Crippen LogP contribution in [0.1, 0.15) is 24.8 Å². The zero-order valence-corrected chi connectivity index (χ0v) is 8.79. The van der Waals surface area contributed by atoms with Crippen LogP contribution >= 0.6 is 0 Å². The van der Waals surface area contributed by atoms with Crippen LogP contribution in [0.15, 0.2) is 24.3 Å². The molecular weight excluding hydrogens is 174 g/mol. The molecule has 0 bridgehead atoms. The van der Waals surface area contributed by atoms with Crippen LogP contribution in [0, 0.1) is 6.92 Å². The Morgan fingerprint density at radius 2 is 1.93 bits per heavy atom. The highest BCUT2D eigenvalue weighted by molar-refractivity contribution is 5.49. The standard InChI is InChI=1S/C12H19NO/c1-11-7-3-4-8-12(11)13-9-5-2-6-10-14/h3-4,7-8,13-14H,2,5-6,9-10H2,1H3. The smallest absolute Gasteiger partial charge is 0.0431 e. The maximum absolute atomic E-state index is 8.61. The van der Waals surface area contributed by atoms with Crippen molar-refractivity contribution >= 4 is 5.69 Å². The Hall–Kier alpha value is -1.02. The maximum atomic E-state index is 8.61. The van der Waals surface area contributed by atoms with Crippen molar-refractivity contribution in [3.63, 3.8) is 0 Å². The van der Waals surface area contributed by atoms with E-state index in [9.17, 15) is 0 Å². The number of benzene rings is 1. The molecule has 0 saturated heterocycles. The molecular formula is C12H19NO. The Morgan fingerprint density at radius 1 is 1.14 bits per heavy atom. The van der Waals surface area contributed by atoms with Gasteiger partial charge >= 0.3 is 0 Å². The van der Waals surface area contributed by atoms with Gasteiger partial charge in [-0.2, -0.15) is 0 Å². The molecule has 0 aliphatic heterocycles. The molecule has 0 aromatic heterocycles. The largest absolute Gasteiger partial charge is 0.396 e. The molecule has 0 spiro atoms. The molecule has 0 radical (unpaired) electrons. The molecule has 0 aliphatic carbocycles. The van der Waals surface area contributed by atoms with Gasteiger partial charge in [-0.25, -0.2) is 0 Å². The number of hydrogen-bond acceptors (Lipinski definition) is 2. The van der Waals surface area contributed by atoms with Crippen molar-refractivity contribution < 1.29 is 5.11 Å². The summed E-state index contributed by atoms with van der Waals surface area (Å²) in [5, 5.41) is 12.0. The number of rotatable bonds is 6. The van der Waals surface area contributed by atoms with E-state index < -0.39 is 0 Å². The predicted molar refractivity (Wildman–Crippen MR) is 60.6 cm³/mol. The molecule has 0 heterocycles. The molecule has 14 heavy (non-hydrogen) atoms. The summed E-state index contributed by atoms with van der Waals surface area (Å²) in [5.74, 6) is 0. The summed E-state index contributed by atoms with van der Waals surface area (Å²) in [6.07, 6.45) is 3.12. The highest BCUT2D eigenvalue weighted by atomic mass is 16.2. The van der Waals surface area contributed by atoms with Crippen molar-refractivity contribution in [2.75, 3.05) is 18.5 Å². The molecule has 2 N–H and O–H groups in total. The van der Waals surface area contributed by atoms with Gasteiger partial charge in [-0.05, 0) is 37.8 Å². The van der Waals surface area contributed by atoms with E-state index in [1.165, 1.54) is 11.3 Å². The van der Waals surface area contributed by atoms with Gasteiger partial charge in [0.15, 0.2) is 0 Å². The second-order valence-corrected chi connectivity index (χ2v) is 3.53. The van der Waals surface area contributed by atoms with E-state index >= 15 is 0 Å². The van der Waals surface area contributed by atoms with E-state index in [0.717, 1.165) is 25.8 Å². The van der Waals surface area contributed by atoms with E-state index in [1.54, 1.807) is 0 Å². The van der Waals surface area contributed by atoms with Crippen molar-refractivity contribution in [2.24, 2.45) is 0 Å². The van der Waals surface area contributed by atoms with E-state index in [1.807, 2.05) is 12.1 Å². The summed E-state index contributed by atoms with van der Waals surface area (Å²) in [5.41, 5.74) is 2.51. The molecule has 0 amide bonds. The average Bonchev–Trinajstić information content (AvgIpc) is 2.20. The molecule has 0 saturated carbocycles. The third-order valence-corrected chi connectivity index (χ3v) is 2.30. The van der Waals surface area contributed by atoms with Gasteiger partial charge in [0.25, 0.3) is 0 Å². The lowest BCUT2D eigenvalue weighted by molar-refractivity contribution is 0.283. The minimum Gasteiger partial charge on any atom is -0.396 e. The fourth-order valence-electron chi connectivity index (χ4n) is 1.41. The number of anilines is 1. The molecule has 78 valence electrons. The van der Waals surface area contributed by atoms with E-state index in [4.69, 9.17) is 5.11 Å². The third kappa shape index (κ3) is 3.79. The van der Waals surface area contributed by atoms with Gasteiger partial charge in [0.2, 0.25) is 0 Å². The molecule has 0 atom stereocenters. The lowest BCUT2D eigenvalue weighted by Crippen LogP contribution is -2.02. The molecule has 0 aliphatic rings. The Bertz CT molecular complexity index is 260. The van der Waals surface area contributed by atoms with Crippen molar-refractivity contribution in [3.05, 3.63) is 29.8 Å². The van der Waals surface area contributed by atoms with Crippen LogP contribution in [0.5, 0.6) is 0 Å². The van der Waals surface area contributed by atoms with Crippen LogP contribution in [0.3, 0.4) is 0 Å². The Kier molecular flexibility index (Phi) is 5.08. The van der Waals surface area contributed by atoms with Gasteiger partial charge in [-0.1, -0.05) is 18.2 Å². The number of unbranched alkanes of at least 4 members (excludes halogenated alkanes) is 2.